The van der Waals surface area contributed by atoms with Crippen LogP contribution in [0.15, 0.2) is 48.8 Å². The summed E-state index contributed by atoms with van der Waals surface area (Å²) >= 11 is 1.42. The lowest BCUT2D eigenvalue weighted by Crippen LogP contribution is -1.81. The van der Waals surface area contributed by atoms with Crippen molar-refractivity contribution in [1.82, 2.24) is 14.3 Å². The standard InChI is InChI=1S/C14H11N3S/c1-10-2-4-12(5-3-10)14-16-13(17-18-14)11-6-8-15-9-7-11/h2-9H,1H3. The molecule has 0 amide bonds. The quantitative estimate of drug-likeness (QED) is 0.700. The molecule has 3 rings (SSSR count). The summed E-state index contributed by atoms with van der Waals surface area (Å²) in [6, 6.07) is 12.2. The van der Waals surface area contributed by atoms with Gasteiger partial charge >= 0.3 is 0 Å². The zero-order valence-electron chi connectivity index (χ0n) is 9.87. The van der Waals surface area contributed by atoms with Crippen LogP contribution in [0.1, 0.15) is 5.56 Å². The van der Waals surface area contributed by atoms with Crippen LogP contribution in [0, 0.1) is 6.92 Å². The van der Waals surface area contributed by atoms with Gasteiger partial charge in [-0.1, -0.05) is 29.8 Å². The van der Waals surface area contributed by atoms with Gasteiger partial charge in [0.15, 0.2) is 5.82 Å². The van der Waals surface area contributed by atoms with Crippen LogP contribution < -0.4 is 0 Å². The second-order valence-corrected chi connectivity index (χ2v) is 4.78. The van der Waals surface area contributed by atoms with Crippen molar-refractivity contribution in [3.63, 3.8) is 0 Å². The van der Waals surface area contributed by atoms with Gasteiger partial charge in [0.25, 0.3) is 0 Å². The Morgan fingerprint density at radius 1 is 0.889 bits per heavy atom. The molecule has 0 aliphatic rings. The number of aryl methyl sites for hydroxylation is 1. The fourth-order valence-corrected chi connectivity index (χ4v) is 2.34. The summed E-state index contributed by atoms with van der Waals surface area (Å²) in [6.45, 7) is 2.08. The molecule has 0 fully saturated rings. The third-order valence-electron chi connectivity index (χ3n) is 2.66. The second kappa shape index (κ2) is 4.66. The van der Waals surface area contributed by atoms with E-state index in [-0.39, 0.29) is 0 Å². The second-order valence-electron chi connectivity index (χ2n) is 4.03. The number of hydrogen-bond acceptors (Lipinski definition) is 4. The number of benzene rings is 1. The topological polar surface area (TPSA) is 38.7 Å². The molecule has 1 aromatic carbocycles. The van der Waals surface area contributed by atoms with Crippen molar-refractivity contribution in [1.29, 1.82) is 0 Å². The summed E-state index contributed by atoms with van der Waals surface area (Å²) < 4.78 is 4.39. The predicted octanol–water partition coefficient (Wildman–Crippen LogP) is 3.58. The molecule has 0 saturated carbocycles. The first kappa shape index (κ1) is 11.0. The first-order chi connectivity index (χ1) is 8.83. The van der Waals surface area contributed by atoms with Gasteiger partial charge in [-0.05, 0) is 30.6 Å². The average molecular weight is 253 g/mol. The van der Waals surface area contributed by atoms with Crippen LogP contribution in [-0.4, -0.2) is 14.3 Å². The third kappa shape index (κ3) is 2.15. The van der Waals surface area contributed by atoms with Gasteiger partial charge in [-0.2, -0.15) is 4.37 Å². The lowest BCUT2D eigenvalue weighted by atomic mass is 10.2. The van der Waals surface area contributed by atoms with Crippen LogP contribution in [0.2, 0.25) is 0 Å². The maximum absolute atomic E-state index is 4.56. The molecule has 3 aromatic rings. The molecule has 0 aliphatic carbocycles. The maximum atomic E-state index is 4.56. The fourth-order valence-electron chi connectivity index (χ4n) is 1.66. The number of nitrogens with zero attached hydrogens (tertiary/aromatic N) is 3. The van der Waals surface area contributed by atoms with Gasteiger partial charge in [0.05, 0.1) is 0 Å². The molecule has 88 valence electrons. The first-order valence-electron chi connectivity index (χ1n) is 5.64. The normalized spacial score (nSPS) is 10.5. The van der Waals surface area contributed by atoms with Crippen molar-refractivity contribution in [2.45, 2.75) is 6.92 Å². The molecule has 0 unspecified atom stereocenters. The molecule has 3 nitrogen and oxygen atoms in total. The highest BCUT2D eigenvalue weighted by molar-refractivity contribution is 7.09. The van der Waals surface area contributed by atoms with Gasteiger partial charge < -0.3 is 0 Å². The predicted molar refractivity (Wildman–Crippen MR) is 73.3 cm³/mol. The molecule has 0 bridgehead atoms. The van der Waals surface area contributed by atoms with Crippen molar-refractivity contribution >= 4 is 11.5 Å². The highest BCUT2D eigenvalue weighted by atomic mass is 32.1. The summed E-state index contributed by atoms with van der Waals surface area (Å²) in [7, 11) is 0. The van der Waals surface area contributed by atoms with Crippen LogP contribution in [-0.2, 0) is 0 Å². The summed E-state index contributed by atoms with van der Waals surface area (Å²) in [6.07, 6.45) is 3.50. The van der Waals surface area contributed by atoms with Gasteiger partial charge in [0, 0.05) is 23.5 Å². The van der Waals surface area contributed by atoms with E-state index >= 15 is 0 Å². The van der Waals surface area contributed by atoms with Crippen molar-refractivity contribution in [3.05, 3.63) is 54.4 Å². The summed E-state index contributed by atoms with van der Waals surface area (Å²) in [4.78, 5) is 8.55. The molecule has 2 aromatic heterocycles. The van der Waals surface area contributed by atoms with E-state index < -0.39 is 0 Å². The van der Waals surface area contributed by atoms with Crippen molar-refractivity contribution in [3.8, 4) is 22.0 Å². The minimum absolute atomic E-state index is 0.762. The molecule has 0 atom stereocenters. The van der Waals surface area contributed by atoms with E-state index in [1.807, 2.05) is 12.1 Å². The Morgan fingerprint density at radius 2 is 1.61 bits per heavy atom. The Morgan fingerprint density at radius 3 is 2.33 bits per heavy atom. The van der Waals surface area contributed by atoms with E-state index in [2.05, 4.69) is 45.5 Å². The van der Waals surface area contributed by atoms with Crippen LogP contribution in [0.4, 0.5) is 0 Å². The Kier molecular flexibility index (Phi) is 2.86. The Hall–Kier alpha value is -2.07. The highest BCUT2D eigenvalue weighted by Crippen LogP contribution is 2.25. The van der Waals surface area contributed by atoms with E-state index in [0.717, 1.165) is 22.0 Å². The van der Waals surface area contributed by atoms with Gasteiger partial charge in [-0.15, -0.1) is 0 Å². The number of aromatic nitrogens is 3. The molecule has 4 heteroatoms. The molecule has 18 heavy (non-hydrogen) atoms. The zero-order valence-corrected chi connectivity index (χ0v) is 10.7. The molecular formula is C14H11N3S. The molecule has 0 radical (unpaired) electrons. The average Bonchev–Trinajstić information content (AvgIpc) is 2.90. The van der Waals surface area contributed by atoms with E-state index in [9.17, 15) is 0 Å². The summed E-state index contributed by atoms with van der Waals surface area (Å²) in [5.41, 5.74) is 3.36. The van der Waals surface area contributed by atoms with Crippen molar-refractivity contribution in [2.75, 3.05) is 0 Å². The van der Waals surface area contributed by atoms with Crippen LogP contribution in [0.5, 0.6) is 0 Å². The van der Waals surface area contributed by atoms with E-state index in [1.165, 1.54) is 17.1 Å². The third-order valence-corrected chi connectivity index (χ3v) is 3.43. The largest absolute Gasteiger partial charge is 0.265 e. The molecule has 0 N–H and O–H groups in total. The lowest BCUT2D eigenvalue weighted by molar-refractivity contribution is 1.28. The van der Waals surface area contributed by atoms with Gasteiger partial charge in [-0.25, -0.2) is 4.98 Å². The van der Waals surface area contributed by atoms with Gasteiger partial charge in [0.2, 0.25) is 0 Å². The maximum Gasteiger partial charge on any atom is 0.173 e. The van der Waals surface area contributed by atoms with E-state index in [1.54, 1.807) is 12.4 Å². The SMILES string of the molecule is Cc1ccc(-c2nc(-c3ccncc3)ns2)cc1. The Balaban J connectivity index is 1.97. The number of rotatable bonds is 2. The molecular weight excluding hydrogens is 242 g/mol. The molecule has 0 aliphatic heterocycles. The molecule has 2 heterocycles. The number of hydrogen-bond donors (Lipinski definition) is 0. The lowest BCUT2D eigenvalue weighted by Gasteiger charge is -1.96. The Labute approximate surface area is 109 Å². The first-order valence-corrected chi connectivity index (χ1v) is 6.41. The van der Waals surface area contributed by atoms with Crippen molar-refractivity contribution in [2.24, 2.45) is 0 Å². The minimum Gasteiger partial charge on any atom is -0.265 e. The monoisotopic (exact) mass is 253 g/mol. The van der Waals surface area contributed by atoms with Crippen LogP contribution in [0.25, 0.3) is 22.0 Å². The summed E-state index contributed by atoms with van der Waals surface area (Å²) in [5.74, 6) is 0.762. The highest BCUT2D eigenvalue weighted by Gasteiger charge is 2.07. The molecule has 0 saturated heterocycles. The van der Waals surface area contributed by atoms with E-state index in [0.29, 0.717) is 0 Å². The zero-order chi connectivity index (χ0) is 12.4. The van der Waals surface area contributed by atoms with E-state index in [4.69, 9.17) is 0 Å². The van der Waals surface area contributed by atoms with Crippen LogP contribution in [0.3, 0.4) is 0 Å². The smallest absolute Gasteiger partial charge is 0.173 e. The van der Waals surface area contributed by atoms with Gasteiger partial charge in [-0.3, -0.25) is 4.98 Å². The Bertz CT molecular complexity index is 644. The molecule has 0 spiro atoms. The number of pyridine rings is 1. The van der Waals surface area contributed by atoms with Gasteiger partial charge in [0.1, 0.15) is 5.01 Å². The fraction of sp³-hybridized carbons (Fsp3) is 0.0714. The minimum atomic E-state index is 0.762. The summed E-state index contributed by atoms with van der Waals surface area (Å²) in [5, 5.41) is 0.946. The van der Waals surface area contributed by atoms with Crippen molar-refractivity contribution < 1.29 is 0 Å². The van der Waals surface area contributed by atoms with Crippen LogP contribution >= 0.6 is 11.5 Å².